The summed E-state index contributed by atoms with van der Waals surface area (Å²) in [5.41, 5.74) is -0.246. The van der Waals surface area contributed by atoms with E-state index in [9.17, 15) is 19.8 Å². The predicted octanol–water partition coefficient (Wildman–Crippen LogP) is 2.18. The summed E-state index contributed by atoms with van der Waals surface area (Å²) >= 11 is 0. The highest BCUT2D eigenvalue weighted by Crippen LogP contribution is 2.35. The molecule has 1 atom stereocenters. The summed E-state index contributed by atoms with van der Waals surface area (Å²) in [5.74, 6) is -0.973. The van der Waals surface area contributed by atoms with Crippen molar-refractivity contribution in [3.05, 3.63) is 29.8 Å². The maximum absolute atomic E-state index is 11.9. The van der Waals surface area contributed by atoms with Gasteiger partial charge in [-0.25, -0.2) is 4.79 Å². The zero-order valence-electron chi connectivity index (χ0n) is 12.4. The van der Waals surface area contributed by atoms with Crippen LogP contribution in [-0.2, 0) is 16.0 Å². The quantitative estimate of drug-likeness (QED) is 0.842. The summed E-state index contributed by atoms with van der Waals surface area (Å²) < 4.78 is 0. The molecule has 2 rings (SSSR count). The highest BCUT2D eigenvalue weighted by Gasteiger charge is 2.47. The normalized spacial score (nSPS) is 17.0. The standard InChI is InChI=1S/C16H21NO4/c1-11(18)17(13-5-6-13)16(2,15(20)21)10-9-12-3-7-14(19)8-4-12/h3-4,7-8,13,19H,5-6,9-10H2,1-2H3,(H,20,21). The second-order valence-corrected chi connectivity index (χ2v) is 5.87. The fraction of sp³-hybridized carbons (Fsp3) is 0.500. The number of hydrogen-bond donors (Lipinski definition) is 2. The molecule has 1 unspecified atom stereocenters. The van der Waals surface area contributed by atoms with E-state index in [0.29, 0.717) is 12.8 Å². The summed E-state index contributed by atoms with van der Waals surface area (Å²) in [6.07, 6.45) is 2.64. The van der Waals surface area contributed by atoms with Gasteiger partial charge in [0.25, 0.3) is 0 Å². The van der Waals surface area contributed by atoms with Crippen LogP contribution >= 0.6 is 0 Å². The van der Waals surface area contributed by atoms with Crippen LogP contribution in [0.2, 0.25) is 0 Å². The van der Waals surface area contributed by atoms with Crippen LogP contribution in [0, 0.1) is 0 Å². The largest absolute Gasteiger partial charge is 0.508 e. The second-order valence-electron chi connectivity index (χ2n) is 5.87. The molecule has 5 heteroatoms. The summed E-state index contributed by atoms with van der Waals surface area (Å²) in [7, 11) is 0. The van der Waals surface area contributed by atoms with Gasteiger partial charge < -0.3 is 15.1 Å². The molecule has 5 nitrogen and oxygen atoms in total. The fourth-order valence-electron chi connectivity index (χ4n) is 2.72. The second kappa shape index (κ2) is 5.76. The number of benzene rings is 1. The Morgan fingerprint density at radius 3 is 2.29 bits per heavy atom. The van der Waals surface area contributed by atoms with E-state index < -0.39 is 11.5 Å². The molecule has 114 valence electrons. The van der Waals surface area contributed by atoms with Crippen molar-refractivity contribution >= 4 is 11.9 Å². The molecular weight excluding hydrogens is 270 g/mol. The first-order valence-electron chi connectivity index (χ1n) is 7.16. The first-order valence-corrected chi connectivity index (χ1v) is 7.16. The summed E-state index contributed by atoms with van der Waals surface area (Å²) in [6, 6.07) is 6.76. The molecular formula is C16H21NO4. The lowest BCUT2D eigenvalue weighted by molar-refractivity contribution is -0.158. The third-order valence-corrected chi connectivity index (χ3v) is 4.08. The van der Waals surface area contributed by atoms with Crippen LogP contribution in [0.5, 0.6) is 5.75 Å². The fourth-order valence-corrected chi connectivity index (χ4v) is 2.72. The van der Waals surface area contributed by atoms with Gasteiger partial charge in [0.05, 0.1) is 0 Å². The van der Waals surface area contributed by atoms with Crippen molar-refractivity contribution in [3.63, 3.8) is 0 Å². The van der Waals surface area contributed by atoms with Crippen LogP contribution < -0.4 is 0 Å². The molecule has 0 radical (unpaired) electrons. The molecule has 0 spiro atoms. The highest BCUT2D eigenvalue weighted by molar-refractivity contribution is 5.86. The van der Waals surface area contributed by atoms with Crippen LogP contribution in [0.3, 0.4) is 0 Å². The lowest BCUT2D eigenvalue weighted by Gasteiger charge is -2.38. The van der Waals surface area contributed by atoms with Crippen molar-refractivity contribution < 1.29 is 19.8 Å². The van der Waals surface area contributed by atoms with Crippen molar-refractivity contribution in [2.45, 2.75) is 51.1 Å². The van der Waals surface area contributed by atoms with Gasteiger partial charge in [0.15, 0.2) is 0 Å². The van der Waals surface area contributed by atoms with Crippen molar-refractivity contribution in [1.29, 1.82) is 0 Å². The molecule has 1 saturated carbocycles. The molecule has 1 amide bonds. The highest BCUT2D eigenvalue weighted by atomic mass is 16.4. The molecule has 0 aromatic heterocycles. The lowest BCUT2D eigenvalue weighted by Crippen LogP contribution is -2.55. The molecule has 21 heavy (non-hydrogen) atoms. The molecule has 0 heterocycles. The Hall–Kier alpha value is -2.04. The maximum atomic E-state index is 11.9. The first kappa shape index (κ1) is 15.4. The molecule has 0 aliphatic heterocycles. The number of carbonyl (C=O) groups excluding carboxylic acids is 1. The monoisotopic (exact) mass is 291 g/mol. The summed E-state index contributed by atoms with van der Waals surface area (Å²) in [4.78, 5) is 25.1. The Balaban J connectivity index is 2.15. The molecule has 1 fully saturated rings. The van der Waals surface area contributed by atoms with Gasteiger partial charge in [-0.3, -0.25) is 4.79 Å². The van der Waals surface area contributed by atoms with Gasteiger partial charge in [0.1, 0.15) is 11.3 Å². The van der Waals surface area contributed by atoms with Crippen LogP contribution in [-0.4, -0.2) is 38.6 Å². The van der Waals surface area contributed by atoms with E-state index >= 15 is 0 Å². The Bertz CT molecular complexity index is 536. The molecule has 0 saturated heterocycles. The van der Waals surface area contributed by atoms with Gasteiger partial charge in [0, 0.05) is 13.0 Å². The van der Waals surface area contributed by atoms with E-state index in [0.717, 1.165) is 18.4 Å². The van der Waals surface area contributed by atoms with Gasteiger partial charge in [0.2, 0.25) is 5.91 Å². The van der Waals surface area contributed by atoms with Gasteiger partial charge in [-0.15, -0.1) is 0 Å². The minimum Gasteiger partial charge on any atom is -0.508 e. The molecule has 2 N–H and O–H groups in total. The number of rotatable bonds is 6. The van der Waals surface area contributed by atoms with Crippen LogP contribution in [0.4, 0.5) is 0 Å². The zero-order valence-corrected chi connectivity index (χ0v) is 12.4. The van der Waals surface area contributed by atoms with Crippen molar-refractivity contribution in [2.75, 3.05) is 0 Å². The van der Waals surface area contributed by atoms with E-state index in [1.54, 1.807) is 31.2 Å². The van der Waals surface area contributed by atoms with Crippen molar-refractivity contribution in [3.8, 4) is 5.75 Å². The van der Waals surface area contributed by atoms with Crippen molar-refractivity contribution in [1.82, 2.24) is 4.90 Å². The lowest BCUT2D eigenvalue weighted by atomic mass is 9.90. The number of aromatic hydroxyl groups is 1. The number of carboxylic acid groups (broad SMARTS) is 1. The molecule has 1 aliphatic carbocycles. The number of amides is 1. The van der Waals surface area contributed by atoms with Crippen LogP contribution in [0.25, 0.3) is 0 Å². The van der Waals surface area contributed by atoms with Gasteiger partial charge in [-0.1, -0.05) is 12.1 Å². The van der Waals surface area contributed by atoms with E-state index in [1.807, 2.05) is 0 Å². The first-order chi connectivity index (χ1) is 9.84. The summed E-state index contributed by atoms with van der Waals surface area (Å²) in [5, 5.41) is 18.9. The zero-order chi connectivity index (χ0) is 15.6. The van der Waals surface area contributed by atoms with Gasteiger partial charge in [-0.2, -0.15) is 0 Å². The minimum atomic E-state index is -1.19. The SMILES string of the molecule is CC(=O)N(C1CC1)C(C)(CCc1ccc(O)cc1)C(=O)O. The van der Waals surface area contributed by atoms with Gasteiger partial charge in [-0.05, 0) is 50.3 Å². The topological polar surface area (TPSA) is 77.8 Å². The third-order valence-electron chi connectivity index (χ3n) is 4.08. The molecule has 1 aromatic rings. The Kier molecular flexibility index (Phi) is 4.21. The minimum absolute atomic E-state index is 0.0587. The predicted molar refractivity (Wildman–Crippen MR) is 78.0 cm³/mol. The number of phenolic OH excluding ortho intramolecular Hbond substituents is 1. The number of carboxylic acids is 1. The van der Waals surface area contributed by atoms with Crippen molar-refractivity contribution in [2.24, 2.45) is 0 Å². The molecule has 1 aliphatic rings. The molecule has 1 aromatic carbocycles. The Morgan fingerprint density at radius 1 is 1.29 bits per heavy atom. The van der Waals surface area contributed by atoms with E-state index in [1.165, 1.54) is 11.8 Å². The van der Waals surface area contributed by atoms with Crippen LogP contribution in [0.15, 0.2) is 24.3 Å². The number of aryl methyl sites for hydroxylation is 1. The smallest absolute Gasteiger partial charge is 0.329 e. The number of carbonyl (C=O) groups is 2. The van der Waals surface area contributed by atoms with Crippen LogP contribution in [0.1, 0.15) is 38.7 Å². The number of nitrogens with zero attached hydrogens (tertiary/aromatic N) is 1. The summed E-state index contributed by atoms with van der Waals surface area (Å²) in [6.45, 7) is 3.05. The Morgan fingerprint density at radius 2 is 1.86 bits per heavy atom. The van der Waals surface area contributed by atoms with E-state index in [4.69, 9.17) is 0 Å². The average molecular weight is 291 g/mol. The average Bonchev–Trinajstić information content (AvgIpc) is 3.22. The number of hydrogen-bond acceptors (Lipinski definition) is 3. The van der Waals surface area contributed by atoms with E-state index in [2.05, 4.69) is 0 Å². The van der Waals surface area contributed by atoms with Gasteiger partial charge >= 0.3 is 5.97 Å². The third kappa shape index (κ3) is 3.35. The maximum Gasteiger partial charge on any atom is 0.329 e. The Labute approximate surface area is 124 Å². The van der Waals surface area contributed by atoms with E-state index in [-0.39, 0.29) is 17.7 Å². The number of phenols is 1. The molecule has 0 bridgehead atoms. The number of aliphatic carboxylic acids is 1.